The second-order valence-corrected chi connectivity index (χ2v) is 7.38. The Morgan fingerprint density at radius 1 is 1.22 bits per heavy atom. The fourth-order valence-electron chi connectivity index (χ4n) is 3.38. The van der Waals surface area contributed by atoms with Crippen molar-refractivity contribution >= 4 is 27.2 Å². The third-order valence-corrected chi connectivity index (χ3v) is 5.03. The van der Waals surface area contributed by atoms with Crippen molar-refractivity contribution in [2.24, 2.45) is 0 Å². The lowest BCUT2D eigenvalue weighted by atomic mass is 9.73. The lowest BCUT2D eigenvalue weighted by Crippen LogP contribution is -2.22. The third-order valence-electron chi connectivity index (χ3n) is 4.37. The Bertz CT molecular complexity index is 757. The van der Waals surface area contributed by atoms with Gasteiger partial charge in [-0.05, 0) is 54.3 Å². The van der Waals surface area contributed by atoms with Gasteiger partial charge in [-0.3, -0.25) is 0 Å². The van der Waals surface area contributed by atoms with Crippen molar-refractivity contribution in [1.29, 1.82) is 0 Å². The molecule has 2 N–H and O–H groups in total. The summed E-state index contributed by atoms with van der Waals surface area (Å²) in [6.45, 7) is 7.19. The molecule has 0 heterocycles. The Balaban J connectivity index is 2.08. The van der Waals surface area contributed by atoms with Crippen LogP contribution in [0.3, 0.4) is 0 Å². The van der Waals surface area contributed by atoms with E-state index in [9.17, 15) is 0 Å². The van der Waals surface area contributed by atoms with Gasteiger partial charge in [0, 0.05) is 21.1 Å². The molecular weight excluding hydrogens is 350 g/mol. The molecule has 0 spiro atoms. The zero-order chi connectivity index (χ0) is 16.6. The van der Waals surface area contributed by atoms with Crippen molar-refractivity contribution < 1.29 is 4.74 Å². The van der Waals surface area contributed by atoms with E-state index in [0.717, 1.165) is 27.9 Å². The number of halogens is 1. The topological polar surface area (TPSA) is 35.2 Å². The molecule has 1 aliphatic carbocycles. The fraction of sp³-hybridized carbons (Fsp3) is 0.300. The molecule has 0 saturated carbocycles. The van der Waals surface area contributed by atoms with E-state index >= 15 is 0 Å². The molecule has 23 heavy (non-hydrogen) atoms. The Hall–Kier alpha value is -1.74. The molecular formula is C20H22BrNO. The first-order valence-corrected chi connectivity index (χ1v) is 8.74. The number of hydrogen-bond acceptors (Lipinski definition) is 2. The first kappa shape index (κ1) is 16.1. The second-order valence-electron chi connectivity index (χ2n) is 6.52. The first-order valence-electron chi connectivity index (χ1n) is 7.94. The minimum atomic E-state index is -0.0578. The number of rotatable bonds is 3. The lowest BCUT2D eigenvalue weighted by Gasteiger charge is -2.32. The van der Waals surface area contributed by atoms with Gasteiger partial charge in [-0.25, -0.2) is 0 Å². The van der Waals surface area contributed by atoms with Crippen LogP contribution in [0.5, 0.6) is 5.75 Å². The monoisotopic (exact) mass is 371 g/mol. The van der Waals surface area contributed by atoms with Crippen molar-refractivity contribution in [1.82, 2.24) is 0 Å². The van der Waals surface area contributed by atoms with E-state index in [1.54, 1.807) is 0 Å². The Morgan fingerprint density at radius 2 is 2.00 bits per heavy atom. The summed E-state index contributed by atoms with van der Waals surface area (Å²) in [7, 11) is 0. The van der Waals surface area contributed by atoms with Crippen LogP contribution in [0.4, 0.5) is 5.69 Å². The van der Waals surface area contributed by atoms with Crippen LogP contribution >= 0.6 is 15.9 Å². The van der Waals surface area contributed by atoms with Gasteiger partial charge in [0.15, 0.2) is 0 Å². The van der Waals surface area contributed by atoms with Crippen molar-refractivity contribution in [3.63, 3.8) is 0 Å². The molecule has 2 aromatic carbocycles. The molecule has 0 atom stereocenters. The highest BCUT2D eigenvalue weighted by Crippen LogP contribution is 2.42. The molecule has 120 valence electrons. The van der Waals surface area contributed by atoms with Crippen molar-refractivity contribution in [2.45, 2.75) is 32.6 Å². The maximum absolute atomic E-state index is 6.23. The third kappa shape index (κ3) is 3.02. The molecule has 2 nitrogen and oxygen atoms in total. The number of ether oxygens (including phenoxy) is 1. The summed E-state index contributed by atoms with van der Waals surface area (Å²) in [5, 5.41) is 0. The average molecular weight is 372 g/mol. The first-order chi connectivity index (χ1) is 10.9. The van der Waals surface area contributed by atoms with E-state index in [1.165, 1.54) is 16.7 Å². The van der Waals surface area contributed by atoms with Gasteiger partial charge in [-0.1, -0.05) is 48.0 Å². The molecule has 0 fully saturated rings. The smallest absolute Gasteiger partial charge is 0.119 e. The number of nitrogen functional groups attached to an aromatic ring is 1. The quantitative estimate of drug-likeness (QED) is 0.738. The summed E-state index contributed by atoms with van der Waals surface area (Å²) in [6, 6.07) is 12.4. The van der Waals surface area contributed by atoms with Gasteiger partial charge in [0.05, 0.1) is 6.61 Å². The van der Waals surface area contributed by atoms with Crippen LogP contribution in [0.25, 0.3) is 5.57 Å². The number of fused-ring (bicyclic) bond motifs is 1. The van der Waals surface area contributed by atoms with E-state index in [2.05, 4.69) is 54.1 Å². The Kier molecular flexibility index (Phi) is 4.24. The molecule has 0 aromatic heterocycles. The molecule has 3 rings (SSSR count). The van der Waals surface area contributed by atoms with Crippen LogP contribution in [0.15, 0.2) is 46.9 Å². The molecule has 3 heteroatoms. The highest BCUT2D eigenvalue weighted by molar-refractivity contribution is 9.10. The van der Waals surface area contributed by atoms with Crippen LogP contribution in [-0.4, -0.2) is 6.61 Å². The van der Waals surface area contributed by atoms with Crippen LogP contribution < -0.4 is 10.5 Å². The van der Waals surface area contributed by atoms with Crippen molar-refractivity contribution in [2.75, 3.05) is 12.3 Å². The van der Waals surface area contributed by atoms with Gasteiger partial charge >= 0.3 is 0 Å². The summed E-state index contributed by atoms with van der Waals surface area (Å²) in [6.07, 6.45) is 3.22. The van der Waals surface area contributed by atoms with Crippen molar-refractivity contribution in [3.8, 4) is 5.75 Å². The van der Waals surface area contributed by atoms with Crippen LogP contribution in [0.2, 0.25) is 0 Å². The zero-order valence-corrected chi connectivity index (χ0v) is 15.4. The molecule has 0 radical (unpaired) electrons. The molecule has 0 unspecified atom stereocenters. The number of allylic oxidation sites excluding steroid dienone is 2. The summed E-state index contributed by atoms with van der Waals surface area (Å²) < 4.78 is 6.72. The Labute approximate surface area is 146 Å². The normalized spacial score (nSPS) is 15.7. The van der Waals surface area contributed by atoms with E-state index in [-0.39, 0.29) is 5.41 Å². The molecule has 0 saturated heterocycles. The van der Waals surface area contributed by atoms with Gasteiger partial charge in [0.25, 0.3) is 0 Å². The van der Waals surface area contributed by atoms with Crippen molar-refractivity contribution in [3.05, 3.63) is 63.6 Å². The number of hydrogen-bond donors (Lipinski definition) is 1. The van der Waals surface area contributed by atoms with Gasteiger partial charge in [-0.2, -0.15) is 0 Å². The van der Waals surface area contributed by atoms with E-state index < -0.39 is 0 Å². The number of nitrogens with two attached hydrogens (primary N) is 1. The average Bonchev–Trinajstić information content (AvgIpc) is 2.47. The largest absolute Gasteiger partial charge is 0.494 e. The van der Waals surface area contributed by atoms with Crippen LogP contribution in [-0.2, 0) is 11.8 Å². The maximum atomic E-state index is 6.23. The van der Waals surface area contributed by atoms with E-state index in [1.807, 2.05) is 25.1 Å². The van der Waals surface area contributed by atoms with Gasteiger partial charge in [0.1, 0.15) is 5.75 Å². The standard InChI is InChI=1S/C20H22BrNO/c1-4-23-15-9-8-13-10-14(12-20(2,3)16(13)11-15)19-17(21)6-5-7-18(19)22/h5-9,11-12H,4,10,22H2,1-3H3. The minimum absolute atomic E-state index is 0.0578. The Morgan fingerprint density at radius 3 is 2.70 bits per heavy atom. The molecule has 0 amide bonds. The molecule has 0 aliphatic heterocycles. The summed E-state index contributed by atoms with van der Waals surface area (Å²) in [5.41, 5.74) is 12.0. The van der Waals surface area contributed by atoms with E-state index in [4.69, 9.17) is 10.5 Å². The lowest BCUT2D eigenvalue weighted by molar-refractivity contribution is 0.339. The highest BCUT2D eigenvalue weighted by Gasteiger charge is 2.28. The minimum Gasteiger partial charge on any atom is -0.494 e. The molecule has 2 aromatic rings. The predicted octanol–water partition coefficient (Wildman–Crippen LogP) is 5.35. The second kappa shape index (κ2) is 6.04. The summed E-state index contributed by atoms with van der Waals surface area (Å²) in [4.78, 5) is 0. The number of anilines is 1. The zero-order valence-electron chi connectivity index (χ0n) is 13.8. The van der Waals surface area contributed by atoms with Crippen LogP contribution in [0, 0.1) is 0 Å². The maximum Gasteiger partial charge on any atom is 0.119 e. The number of benzene rings is 2. The van der Waals surface area contributed by atoms with Gasteiger partial charge in [0.2, 0.25) is 0 Å². The fourth-order valence-corrected chi connectivity index (χ4v) is 4.01. The SMILES string of the molecule is CCOc1ccc2c(c1)C(C)(C)C=C(c1c(N)cccc1Br)C2. The van der Waals surface area contributed by atoms with Gasteiger partial charge < -0.3 is 10.5 Å². The van der Waals surface area contributed by atoms with Gasteiger partial charge in [-0.15, -0.1) is 0 Å². The summed E-state index contributed by atoms with van der Waals surface area (Å²) >= 11 is 3.65. The summed E-state index contributed by atoms with van der Waals surface area (Å²) in [5.74, 6) is 0.941. The predicted molar refractivity (Wildman–Crippen MR) is 101 cm³/mol. The van der Waals surface area contributed by atoms with Crippen LogP contribution in [0.1, 0.15) is 37.5 Å². The molecule has 0 bridgehead atoms. The van der Waals surface area contributed by atoms with E-state index in [0.29, 0.717) is 6.61 Å². The molecule has 1 aliphatic rings. The highest BCUT2D eigenvalue weighted by atomic mass is 79.9.